The van der Waals surface area contributed by atoms with Gasteiger partial charge in [0.2, 0.25) is 10.0 Å². The molecule has 3 N–H and O–H groups in total. The minimum Gasteiger partial charge on any atom is -0.481 e. The average Bonchev–Trinajstić information content (AvgIpc) is 2.94. The molecule has 1 aliphatic heterocycles. The molecular weight excluding hydrogens is 348 g/mol. The summed E-state index contributed by atoms with van der Waals surface area (Å²) < 4.78 is 31.9. The normalized spacial score (nSPS) is 20.4. The molecular formula is C16H22N2O6S. The van der Waals surface area contributed by atoms with Crippen LogP contribution in [0.3, 0.4) is 0 Å². The van der Waals surface area contributed by atoms with Crippen molar-refractivity contribution in [3.63, 3.8) is 0 Å². The number of aliphatic carboxylic acids is 1. The molecule has 1 heterocycles. The quantitative estimate of drug-likeness (QED) is 0.648. The van der Waals surface area contributed by atoms with Crippen molar-refractivity contribution in [2.75, 3.05) is 19.8 Å². The van der Waals surface area contributed by atoms with Crippen molar-refractivity contribution in [1.29, 1.82) is 0 Å². The number of carboxylic acids is 1. The summed E-state index contributed by atoms with van der Waals surface area (Å²) in [6.07, 6.45) is 0.132. The van der Waals surface area contributed by atoms with Gasteiger partial charge in [0.25, 0.3) is 5.91 Å². The second-order valence-corrected chi connectivity index (χ2v) is 7.85. The highest BCUT2D eigenvalue weighted by atomic mass is 32.2. The molecule has 1 fully saturated rings. The zero-order chi connectivity index (χ0) is 18.7. The zero-order valence-corrected chi connectivity index (χ0v) is 15.0. The summed E-state index contributed by atoms with van der Waals surface area (Å²) in [5.41, 5.74) is -0.195. The van der Waals surface area contributed by atoms with Gasteiger partial charge in [-0.15, -0.1) is 0 Å². The molecule has 1 aromatic rings. The number of amides is 1. The maximum Gasteiger partial charge on any atom is 0.305 e. The van der Waals surface area contributed by atoms with Crippen LogP contribution in [0.4, 0.5) is 0 Å². The van der Waals surface area contributed by atoms with Crippen molar-refractivity contribution in [2.45, 2.75) is 37.1 Å². The number of aryl methyl sites for hydroxylation is 1. The van der Waals surface area contributed by atoms with Gasteiger partial charge in [-0.05, 0) is 31.0 Å². The van der Waals surface area contributed by atoms with Crippen molar-refractivity contribution in [2.24, 2.45) is 0 Å². The lowest BCUT2D eigenvalue weighted by Crippen LogP contribution is -2.50. The highest BCUT2D eigenvalue weighted by molar-refractivity contribution is 7.89. The molecule has 0 bridgehead atoms. The molecule has 1 saturated heterocycles. The summed E-state index contributed by atoms with van der Waals surface area (Å²) in [5, 5.41) is 11.8. The van der Waals surface area contributed by atoms with Crippen LogP contribution >= 0.6 is 0 Å². The van der Waals surface area contributed by atoms with Crippen LogP contribution in [0.25, 0.3) is 0 Å². The molecule has 138 valence electrons. The molecule has 0 spiro atoms. The highest BCUT2D eigenvalue weighted by Crippen LogP contribution is 2.24. The molecule has 1 atom stereocenters. The van der Waals surface area contributed by atoms with Crippen LogP contribution in [0.5, 0.6) is 0 Å². The van der Waals surface area contributed by atoms with Crippen molar-refractivity contribution in [1.82, 2.24) is 10.0 Å². The first-order valence-corrected chi connectivity index (χ1v) is 9.40. The number of benzene rings is 1. The Labute approximate surface area is 146 Å². The summed E-state index contributed by atoms with van der Waals surface area (Å²) in [5.74, 6) is -1.55. The smallest absolute Gasteiger partial charge is 0.305 e. The molecule has 9 heteroatoms. The number of rotatable bonds is 7. The Morgan fingerprint density at radius 1 is 1.36 bits per heavy atom. The average molecular weight is 370 g/mol. The van der Waals surface area contributed by atoms with Gasteiger partial charge in [-0.3, -0.25) is 9.59 Å². The molecule has 1 amide bonds. The first kappa shape index (κ1) is 19.4. The molecule has 8 nitrogen and oxygen atoms in total. The van der Waals surface area contributed by atoms with E-state index in [1.807, 2.05) is 0 Å². The van der Waals surface area contributed by atoms with Crippen LogP contribution in [0.1, 0.15) is 35.7 Å². The fourth-order valence-corrected chi connectivity index (χ4v) is 3.84. The predicted octanol–water partition coefficient (Wildman–Crippen LogP) is 0.657. The monoisotopic (exact) mass is 370 g/mol. The maximum absolute atomic E-state index is 12.7. The fraction of sp³-hybridized carbons (Fsp3) is 0.500. The van der Waals surface area contributed by atoms with E-state index in [9.17, 15) is 18.0 Å². The Bertz CT molecular complexity index is 769. The molecule has 1 aromatic carbocycles. The number of carbonyl (C=O) groups is 2. The molecule has 2 rings (SSSR count). The van der Waals surface area contributed by atoms with Crippen LogP contribution in [-0.4, -0.2) is 50.7 Å². The third-order valence-electron chi connectivity index (χ3n) is 4.07. The van der Waals surface area contributed by atoms with E-state index in [0.717, 1.165) is 0 Å². The van der Waals surface area contributed by atoms with Crippen molar-refractivity contribution in [3.05, 3.63) is 29.3 Å². The van der Waals surface area contributed by atoms with Gasteiger partial charge in [0.1, 0.15) is 0 Å². The zero-order valence-electron chi connectivity index (χ0n) is 14.2. The van der Waals surface area contributed by atoms with E-state index < -0.39 is 27.4 Å². The Kier molecular flexibility index (Phi) is 5.81. The van der Waals surface area contributed by atoms with Gasteiger partial charge in [-0.2, -0.15) is 0 Å². The summed E-state index contributed by atoms with van der Waals surface area (Å²) in [6.45, 7) is 4.06. The number of hydrogen-bond acceptors (Lipinski definition) is 5. The standard InChI is InChI=1S/C16H22N2O6S/c1-3-17-25(22,23)12-5-4-11(2)13(8-12)15(21)18-16(9-14(19)20)6-7-24-10-16/h4-5,8,17H,3,6-7,9-10H2,1-2H3,(H,18,21)(H,19,20). The Hall–Kier alpha value is -1.97. The van der Waals surface area contributed by atoms with Gasteiger partial charge in [0.15, 0.2) is 0 Å². The number of carboxylic acid groups (broad SMARTS) is 1. The molecule has 0 saturated carbocycles. The number of ether oxygens (including phenoxy) is 1. The van der Waals surface area contributed by atoms with Crippen molar-refractivity contribution >= 4 is 21.9 Å². The van der Waals surface area contributed by atoms with Gasteiger partial charge in [0, 0.05) is 18.7 Å². The van der Waals surface area contributed by atoms with Crippen molar-refractivity contribution in [3.8, 4) is 0 Å². The lowest BCUT2D eigenvalue weighted by Gasteiger charge is -2.27. The highest BCUT2D eigenvalue weighted by Gasteiger charge is 2.39. The second kappa shape index (κ2) is 7.51. The summed E-state index contributed by atoms with van der Waals surface area (Å²) in [7, 11) is -3.69. The summed E-state index contributed by atoms with van der Waals surface area (Å²) in [4.78, 5) is 23.8. The van der Waals surface area contributed by atoms with Crippen molar-refractivity contribution < 1.29 is 27.9 Å². The van der Waals surface area contributed by atoms with Crippen LogP contribution in [-0.2, 0) is 19.6 Å². The van der Waals surface area contributed by atoms with Crippen LogP contribution < -0.4 is 10.0 Å². The first-order valence-electron chi connectivity index (χ1n) is 7.91. The Morgan fingerprint density at radius 3 is 2.64 bits per heavy atom. The molecule has 0 radical (unpaired) electrons. The van der Waals surface area contributed by atoms with Gasteiger partial charge >= 0.3 is 5.97 Å². The maximum atomic E-state index is 12.7. The first-order chi connectivity index (χ1) is 11.7. The van der Waals surface area contributed by atoms with Gasteiger partial charge in [-0.25, -0.2) is 13.1 Å². The lowest BCUT2D eigenvalue weighted by molar-refractivity contribution is -0.138. The second-order valence-electron chi connectivity index (χ2n) is 6.09. The molecule has 1 aliphatic rings. The van der Waals surface area contributed by atoms with E-state index in [0.29, 0.717) is 18.6 Å². The summed E-state index contributed by atoms with van der Waals surface area (Å²) >= 11 is 0. The molecule has 25 heavy (non-hydrogen) atoms. The van der Waals surface area contributed by atoms with E-state index in [2.05, 4.69) is 10.0 Å². The topological polar surface area (TPSA) is 122 Å². The van der Waals surface area contributed by atoms with Crippen LogP contribution in [0, 0.1) is 6.92 Å². The van der Waals surface area contributed by atoms with Gasteiger partial charge < -0.3 is 15.2 Å². The number of hydrogen-bond donors (Lipinski definition) is 3. The minimum absolute atomic E-state index is 0.0138. The summed E-state index contributed by atoms with van der Waals surface area (Å²) in [6, 6.07) is 4.27. The Morgan fingerprint density at radius 2 is 2.08 bits per heavy atom. The third-order valence-corrected chi connectivity index (χ3v) is 5.61. The van der Waals surface area contributed by atoms with Crippen LogP contribution in [0.2, 0.25) is 0 Å². The van der Waals surface area contributed by atoms with E-state index >= 15 is 0 Å². The predicted molar refractivity (Wildman–Crippen MR) is 89.9 cm³/mol. The van der Waals surface area contributed by atoms with E-state index in [4.69, 9.17) is 9.84 Å². The molecule has 1 unspecified atom stereocenters. The fourth-order valence-electron chi connectivity index (χ4n) is 2.77. The van der Waals surface area contributed by atoms with Gasteiger partial charge in [0.05, 0.1) is 23.5 Å². The number of sulfonamides is 1. The molecule has 0 aliphatic carbocycles. The largest absolute Gasteiger partial charge is 0.481 e. The number of nitrogens with one attached hydrogen (secondary N) is 2. The van der Waals surface area contributed by atoms with Gasteiger partial charge in [-0.1, -0.05) is 13.0 Å². The number of carbonyl (C=O) groups excluding carboxylic acids is 1. The SMILES string of the molecule is CCNS(=O)(=O)c1ccc(C)c(C(=O)NC2(CC(=O)O)CCOC2)c1. The Balaban J connectivity index is 2.31. The van der Waals surface area contributed by atoms with E-state index in [1.165, 1.54) is 12.1 Å². The lowest BCUT2D eigenvalue weighted by atomic mass is 9.93. The van der Waals surface area contributed by atoms with E-state index in [1.54, 1.807) is 19.9 Å². The van der Waals surface area contributed by atoms with Crippen LogP contribution in [0.15, 0.2) is 23.1 Å². The minimum atomic E-state index is -3.69. The third kappa shape index (κ3) is 4.56. The molecule has 0 aromatic heterocycles. The van der Waals surface area contributed by atoms with E-state index in [-0.39, 0.29) is 30.0 Å².